The Morgan fingerprint density at radius 1 is 1.28 bits per heavy atom. The van der Waals surface area contributed by atoms with Crippen LogP contribution in [0.1, 0.15) is 18.1 Å². The van der Waals surface area contributed by atoms with Crippen molar-refractivity contribution in [3.8, 4) is 0 Å². The topological polar surface area (TPSA) is 26.0 Å². The molecule has 1 nitrogen and oxygen atoms in total. The van der Waals surface area contributed by atoms with Gasteiger partial charge >= 0.3 is 5.51 Å². The largest absolute Gasteiger partial charge is 0.446 e. The third-order valence-corrected chi connectivity index (χ3v) is 4.18. The van der Waals surface area contributed by atoms with Crippen LogP contribution in [-0.2, 0) is 5.75 Å². The fourth-order valence-corrected chi connectivity index (χ4v) is 2.91. The molecule has 0 amide bonds. The number of hydrogen-bond acceptors (Lipinski definition) is 3. The second-order valence-electron chi connectivity index (χ2n) is 4.06. The van der Waals surface area contributed by atoms with Crippen LogP contribution < -0.4 is 5.73 Å². The lowest BCUT2D eigenvalue weighted by molar-refractivity contribution is -0.0328. The van der Waals surface area contributed by atoms with Gasteiger partial charge in [-0.1, -0.05) is 13.0 Å². The molecule has 0 bridgehead atoms. The summed E-state index contributed by atoms with van der Waals surface area (Å²) in [6.45, 7) is 4.38. The summed E-state index contributed by atoms with van der Waals surface area (Å²) in [4.78, 5) is 0.249. The molecule has 0 aliphatic carbocycles. The molecule has 102 valence electrons. The standard InChI is InChI=1S/C12H16F3NS2/c1-8-3-10(7-17-9(2)6-16)5-11(4-8)18-12(13,14)15/h3-5,9H,6-7,16H2,1-2H3. The first-order chi connectivity index (χ1) is 8.30. The van der Waals surface area contributed by atoms with Crippen molar-refractivity contribution in [2.24, 2.45) is 5.73 Å². The lowest BCUT2D eigenvalue weighted by Gasteiger charge is -2.11. The third-order valence-electron chi connectivity index (χ3n) is 2.21. The van der Waals surface area contributed by atoms with Crippen LogP contribution in [0.15, 0.2) is 23.1 Å². The van der Waals surface area contributed by atoms with E-state index in [0.29, 0.717) is 17.5 Å². The Bertz CT molecular complexity index is 393. The number of rotatable bonds is 5. The number of hydrogen-bond donors (Lipinski definition) is 1. The number of nitrogens with two attached hydrogens (primary N) is 1. The molecule has 0 saturated carbocycles. The molecule has 0 radical (unpaired) electrons. The molecular weight excluding hydrogens is 279 g/mol. The normalized spacial score (nSPS) is 13.7. The van der Waals surface area contributed by atoms with E-state index in [1.807, 2.05) is 13.0 Å². The van der Waals surface area contributed by atoms with Crippen molar-refractivity contribution in [3.63, 3.8) is 0 Å². The van der Waals surface area contributed by atoms with E-state index >= 15 is 0 Å². The molecule has 0 aliphatic rings. The quantitative estimate of drug-likeness (QED) is 0.825. The summed E-state index contributed by atoms with van der Waals surface area (Å²) in [6.07, 6.45) is 0. The van der Waals surface area contributed by atoms with Crippen LogP contribution in [0, 0.1) is 6.92 Å². The van der Waals surface area contributed by atoms with E-state index in [1.165, 1.54) is 0 Å². The van der Waals surface area contributed by atoms with Gasteiger partial charge in [0.05, 0.1) is 0 Å². The molecule has 0 fully saturated rings. The van der Waals surface area contributed by atoms with Gasteiger partial charge in [0.25, 0.3) is 0 Å². The highest BCUT2D eigenvalue weighted by molar-refractivity contribution is 8.00. The lowest BCUT2D eigenvalue weighted by atomic mass is 10.2. The number of halogens is 3. The summed E-state index contributed by atoms with van der Waals surface area (Å²) in [7, 11) is 0. The number of aryl methyl sites for hydroxylation is 1. The first-order valence-electron chi connectivity index (χ1n) is 5.48. The zero-order valence-electron chi connectivity index (χ0n) is 10.3. The molecule has 2 N–H and O–H groups in total. The maximum Gasteiger partial charge on any atom is 0.446 e. The van der Waals surface area contributed by atoms with Crippen LogP contribution >= 0.6 is 23.5 Å². The molecule has 18 heavy (non-hydrogen) atoms. The molecule has 1 aromatic carbocycles. The summed E-state index contributed by atoms with van der Waals surface area (Å²) in [6, 6.07) is 5.07. The Morgan fingerprint density at radius 2 is 1.94 bits per heavy atom. The van der Waals surface area contributed by atoms with E-state index in [-0.39, 0.29) is 16.7 Å². The van der Waals surface area contributed by atoms with Crippen molar-refractivity contribution in [1.82, 2.24) is 0 Å². The van der Waals surface area contributed by atoms with Crippen LogP contribution in [0.3, 0.4) is 0 Å². The minimum atomic E-state index is -4.23. The summed E-state index contributed by atoms with van der Waals surface area (Å²) in [5.74, 6) is 0.686. The zero-order valence-corrected chi connectivity index (χ0v) is 11.9. The van der Waals surface area contributed by atoms with Crippen molar-refractivity contribution in [3.05, 3.63) is 29.3 Å². The highest BCUT2D eigenvalue weighted by Gasteiger charge is 2.29. The molecule has 1 aromatic rings. The predicted molar refractivity (Wildman–Crippen MR) is 72.9 cm³/mol. The van der Waals surface area contributed by atoms with Crippen LogP contribution in [0.2, 0.25) is 0 Å². The Labute approximate surface area is 114 Å². The van der Waals surface area contributed by atoms with Gasteiger partial charge in [0.15, 0.2) is 0 Å². The zero-order chi connectivity index (χ0) is 13.8. The first-order valence-corrected chi connectivity index (χ1v) is 7.34. The maximum absolute atomic E-state index is 12.3. The van der Waals surface area contributed by atoms with Gasteiger partial charge in [-0.25, -0.2) is 0 Å². The second kappa shape index (κ2) is 6.73. The van der Waals surface area contributed by atoms with Gasteiger partial charge < -0.3 is 5.73 Å². The Morgan fingerprint density at radius 3 is 2.50 bits per heavy atom. The van der Waals surface area contributed by atoms with E-state index in [1.54, 1.807) is 30.8 Å². The number of benzene rings is 1. The second-order valence-corrected chi connectivity index (χ2v) is 6.62. The molecule has 1 unspecified atom stereocenters. The summed E-state index contributed by atoms with van der Waals surface area (Å²) in [5.41, 5.74) is 3.03. The van der Waals surface area contributed by atoms with E-state index in [0.717, 1.165) is 11.1 Å². The molecule has 0 aliphatic heterocycles. The van der Waals surface area contributed by atoms with Gasteiger partial charge in [-0.05, 0) is 41.9 Å². The Balaban J connectivity index is 2.74. The van der Waals surface area contributed by atoms with Crippen molar-refractivity contribution in [1.29, 1.82) is 0 Å². The molecule has 1 atom stereocenters. The van der Waals surface area contributed by atoms with E-state index in [9.17, 15) is 13.2 Å². The predicted octanol–water partition coefficient (Wildman–Crippen LogP) is 4.19. The van der Waals surface area contributed by atoms with Crippen LogP contribution in [-0.4, -0.2) is 17.3 Å². The SMILES string of the molecule is Cc1cc(CSC(C)CN)cc(SC(F)(F)F)c1. The van der Waals surface area contributed by atoms with Crippen molar-refractivity contribution < 1.29 is 13.2 Å². The summed E-state index contributed by atoms with van der Waals surface area (Å²) < 4.78 is 36.9. The maximum atomic E-state index is 12.3. The van der Waals surface area contributed by atoms with Crippen LogP contribution in [0.25, 0.3) is 0 Å². The van der Waals surface area contributed by atoms with E-state index in [2.05, 4.69) is 0 Å². The fourth-order valence-electron chi connectivity index (χ4n) is 1.41. The molecule has 0 spiro atoms. The minimum absolute atomic E-state index is 0.0649. The van der Waals surface area contributed by atoms with Gasteiger partial charge in [-0.2, -0.15) is 24.9 Å². The molecular formula is C12H16F3NS2. The van der Waals surface area contributed by atoms with Crippen LogP contribution in [0.4, 0.5) is 13.2 Å². The molecule has 0 heterocycles. The molecule has 0 aromatic heterocycles. The van der Waals surface area contributed by atoms with Gasteiger partial charge in [0.2, 0.25) is 0 Å². The van der Waals surface area contributed by atoms with Crippen molar-refractivity contribution in [2.75, 3.05) is 6.54 Å². The summed E-state index contributed by atoms with van der Waals surface area (Å²) >= 11 is 1.58. The molecule has 1 rings (SSSR count). The smallest absolute Gasteiger partial charge is 0.329 e. The first kappa shape index (κ1) is 15.7. The Hall–Kier alpha value is -0.330. The number of thioether (sulfide) groups is 2. The minimum Gasteiger partial charge on any atom is -0.329 e. The fraction of sp³-hybridized carbons (Fsp3) is 0.500. The van der Waals surface area contributed by atoms with E-state index < -0.39 is 5.51 Å². The highest BCUT2D eigenvalue weighted by Crippen LogP contribution is 2.37. The number of alkyl halides is 3. The van der Waals surface area contributed by atoms with Crippen molar-refractivity contribution in [2.45, 2.75) is 35.3 Å². The average Bonchev–Trinajstić information content (AvgIpc) is 2.22. The Kier molecular flexibility index (Phi) is 5.88. The monoisotopic (exact) mass is 295 g/mol. The van der Waals surface area contributed by atoms with Gasteiger partial charge in [-0.15, -0.1) is 0 Å². The van der Waals surface area contributed by atoms with Crippen LogP contribution in [0.5, 0.6) is 0 Å². The van der Waals surface area contributed by atoms with Gasteiger partial charge in [0.1, 0.15) is 0 Å². The lowest BCUT2D eigenvalue weighted by Crippen LogP contribution is -2.12. The third kappa shape index (κ3) is 6.02. The van der Waals surface area contributed by atoms with Gasteiger partial charge in [-0.3, -0.25) is 0 Å². The average molecular weight is 295 g/mol. The van der Waals surface area contributed by atoms with E-state index in [4.69, 9.17) is 5.73 Å². The molecule has 6 heteroatoms. The summed E-state index contributed by atoms with van der Waals surface area (Å²) in [5, 5.41) is 0.309. The van der Waals surface area contributed by atoms with Crippen molar-refractivity contribution >= 4 is 23.5 Å². The highest BCUT2D eigenvalue weighted by atomic mass is 32.2. The molecule has 0 saturated heterocycles. The van der Waals surface area contributed by atoms with Gasteiger partial charge in [0, 0.05) is 22.4 Å².